The van der Waals surface area contributed by atoms with E-state index >= 15 is 0 Å². The summed E-state index contributed by atoms with van der Waals surface area (Å²) in [6, 6.07) is 2.88. The van der Waals surface area contributed by atoms with Gasteiger partial charge in [0.25, 0.3) is 10.0 Å². The zero-order chi connectivity index (χ0) is 13.0. The van der Waals surface area contributed by atoms with Crippen LogP contribution in [-0.2, 0) is 23.0 Å². The van der Waals surface area contributed by atoms with Crippen molar-refractivity contribution in [1.29, 1.82) is 0 Å². The second-order valence-corrected chi connectivity index (χ2v) is 5.11. The molecule has 0 bridgehead atoms. The topological polar surface area (TPSA) is 124 Å². The lowest BCUT2D eigenvalue weighted by Gasteiger charge is -2.01. The number of aromatic nitrogens is 2. The fourth-order valence-electron chi connectivity index (χ4n) is 1.28. The number of nitrogens with zero attached hydrogens (tertiary/aromatic N) is 2. The van der Waals surface area contributed by atoms with Gasteiger partial charge in [-0.15, -0.1) is 0 Å². The summed E-state index contributed by atoms with van der Waals surface area (Å²) in [6.45, 7) is 0.292. The first-order valence-electron chi connectivity index (χ1n) is 5.16. The highest BCUT2D eigenvalue weighted by Crippen LogP contribution is 2.13. The van der Waals surface area contributed by atoms with Gasteiger partial charge in [0.15, 0.2) is 6.33 Å². The zero-order valence-electron chi connectivity index (χ0n) is 9.37. The standard InChI is InChI=1S/C9H12N4O4S/c10-5-7-1-2-9(16-7)18(14,15)13-4-3-8-11-6-12-17-8/h1-2,6,13H,3-5,10H2. The minimum atomic E-state index is -3.66. The quantitative estimate of drug-likeness (QED) is 0.735. The molecule has 2 aromatic heterocycles. The Morgan fingerprint density at radius 1 is 1.39 bits per heavy atom. The van der Waals surface area contributed by atoms with Crippen molar-refractivity contribution in [2.75, 3.05) is 6.54 Å². The van der Waals surface area contributed by atoms with E-state index in [1.54, 1.807) is 0 Å². The molecule has 0 radical (unpaired) electrons. The van der Waals surface area contributed by atoms with Crippen molar-refractivity contribution in [1.82, 2.24) is 14.9 Å². The highest BCUT2D eigenvalue weighted by molar-refractivity contribution is 7.89. The van der Waals surface area contributed by atoms with E-state index in [0.29, 0.717) is 18.1 Å². The molecule has 0 aliphatic carbocycles. The minimum Gasteiger partial charge on any atom is -0.447 e. The molecule has 0 amide bonds. The third-order valence-electron chi connectivity index (χ3n) is 2.14. The van der Waals surface area contributed by atoms with Crippen molar-refractivity contribution in [2.24, 2.45) is 5.73 Å². The van der Waals surface area contributed by atoms with Crippen molar-refractivity contribution < 1.29 is 17.4 Å². The molecular formula is C9H12N4O4S. The molecule has 0 atom stereocenters. The first-order chi connectivity index (χ1) is 8.62. The first kappa shape index (κ1) is 12.7. The van der Waals surface area contributed by atoms with Gasteiger partial charge in [0.1, 0.15) is 5.76 Å². The fourth-order valence-corrected chi connectivity index (χ4v) is 2.26. The van der Waals surface area contributed by atoms with Crippen LogP contribution in [0.15, 0.2) is 32.5 Å². The van der Waals surface area contributed by atoms with Crippen LogP contribution in [0, 0.1) is 0 Å². The van der Waals surface area contributed by atoms with Gasteiger partial charge in [-0.2, -0.15) is 4.98 Å². The van der Waals surface area contributed by atoms with Crippen molar-refractivity contribution in [3.05, 3.63) is 30.1 Å². The van der Waals surface area contributed by atoms with Crippen LogP contribution in [0.1, 0.15) is 11.7 Å². The first-order valence-corrected chi connectivity index (χ1v) is 6.64. The normalized spacial score (nSPS) is 11.8. The van der Waals surface area contributed by atoms with Gasteiger partial charge in [0.2, 0.25) is 11.0 Å². The highest BCUT2D eigenvalue weighted by Gasteiger charge is 2.18. The summed E-state index contributed by atoms with van der Waals surface area (Å²) in [5.74, 6) is 0.770. The number of nitrogens with one attached hydrogen (secondary N) is 1. The third kappa shape index (κ3) is 2.94. The molecule has 98 valence electrons. The second kappa shape index (κ2) is 5.29. The summed E-state index contributed by atoms with van der Waals surface area (Å²) in [5, 5.41) is 3.26. The number of furan rings is 1. The number of sulfonamides is 1. The zero-order valence-corrected chi connectivity index (χ0v) is 10.2. The molecule has 3 N–H and O–H groups in total. The van der Waals surface area contributed by atoms with Gasteiger partial charge in [-0.05, 0) is 12.1 Å². The molecule has 9 heteroatoms. The van der Waals surface area contributed by atoms with Gasteiger partial charge in [0, 0.05) is 13.0 Å². The van der Waals surface area contributed by atoms with Crippen molar-refractivity contribution in [3.8, 4) is 0 Å². The van der Waals surface area contributed by atoms with E-state index in [1.807, 2.05) is 0 Å². The Labute approximate surface area is 103 Å². The minimum absolute atomic E-state index is 0.142. The molecule has 2 rings (SSSR count). The van der Waals surface area contributed by atoms with E-state index in [0.717, 1.165) is 0 Å². The van der Waals surface area contributed by atoms with E-state index in [1.165, 1.54) is 18.5 Å². The molecule has 18 heavy (non-hydrogen) atoms. The van der Waals surface area contributed by atoms with Crippen LogP contribution >= 0.6 is 0 Å². The van der Waals surface area contributed by atoms with Crippen molar-refractivity contribution in [2.45, 2.75) is 18.1 Å². The van der Waals surface area contributed by atoms with Gasteiger partial charge >= 0.3 is 0 Å². The van der Waals surface area contributed by atoms with Crippen LogP contribution in [-0.4, -0.2) is 25.1 Å². The van der Waals surface area contributed by atoms with Crippen molar-refractivity contribution >= 4 is 10.0 Å². The number of rotatable bonds is 6. The summed E-state index contributed by atoms with van der Waals surface area (Å²) in [4.78, 5) is 3.77. The lowest BCUT2D eigenvalue weighted by Crippen LogP contribution is -2.25. The molecule has 0 aromatic carbocycles. The summed E-state index contributed by atoms with van der Waals surface area (Å²) in [6.07, 6.45) is 1.56. The molecule has 0 aliphatic heterocycles. The Morgan fingerprint density at radius 2 is 2.22 bits per heavy atom. The number of hydrogen-bond donors (Lipinski definition) is 2. The smallest absolute Gasteiger partial charge is 0.273 e. The predicted molar refractivity (Wildman–Crippen MR) is 59.8 cm³/mol. The van der Waals surface area contributed by atoms with Gasteiger partial charge in [0.05, 0.1) is 6.54 Å². The Hall–Kier alpha value is -1.71. The maximum Gasteiger partial charge on any atom is 0.273 e. The third-order valence-corrected chi connectivity index (χ3v) is 3.47. The molecule has 0 saturated heterocycles. The summed E-state index contributed by atoms with van der Waals surface area (Å²) in [7, 11) is -3.66. The molecule has 0 fully saturated rings. The summed E-state index contributed by atoms with van der Waals surface area (Å²) < 4.78 is 35.7. The SMILES string of the molecule is NCc1ccc(S(=O)(=O)NCCc2ncno2)o1. The summed E-state index contributed by atoms with van der Waals surface area (Å²) >= 11 is 0. The Kier molecular flexibility index (Phi) is 3.75. The second-order valence-electron chi connectivity index (χ2n) is 3.41. The average Bonchev–Trinajstić information content (AvgIpc) is 2.99. The summed E-state index contributed by atoms with van der Waals surface area (Å²) in [5.41, 5.74) is 5.33. The highest BCUT2D eigenvalue weighted by atomic mass is 32.2. The van der Waals surface area contributed by atoms with Crippen LogP contribution < -0.4 is 10.5 Å². The monoisotopic (exact) mass is 272 g/mol. The molecule has 0 aliphatic rings. The van der Waals surface area contributed by atoms with Gasteiger partial charge in [-0.3, -0.25) is 0 Å². The van der Waals surface area contributed by atoms with Crippen LogP contribution in [0.3, 0.4) is 0 Å². The van der Waals surface area contributed by atoms with E-state index in [9.17, 15) is 8.42 Å². The van der Waals surface area contributed by atoms with Gasteiger partial charge in [-0.25, -0.2) is 13.1 Å². The molecule has 0 saturated carbocycles. The molecule has 8 nitrogen and oxygen atoms in total. The molecule has 0 unspecified atom stereocenters. The van der Waals surface area contributed by atoms with Crippen LogP contribution in [0.4, 0.5) is 0 Å². The fraction of sp³-hybridized carbons (Fsp3) is 0.333. The number of hydrogen-bond acceptors (Lipinski definition) is 7. The Balaban J connectivity index is 1.95. The lowest BCUT2D eigenvalue weighted by atomic mass is 10.4. The predicted octanol–water partition coefficient (Wildman–Crippen LogP) is -0.358. The Bertz CT molecular complexity index is 590. The van der Waals surface area contributed by atoms with E-state index < -0.39 is 10.0 Å². The molecule has 2 aromatic rings. The van der Waals surface area contributed by atoms with E-state index in [4.69, 9.17) is 14.7 Å². The van der Waals surface area contributed by atoms with Crippen LogP contribution in [0.25, 0.3) is 0 Å². The van der Waals surface area contributed by atoms with Crippen LogP contribution in [0.5, 0.6) is 0 Å². The average molecular weight is 272 g/mol. The van der Waals surface area contributed by atoms with Gasteiger partial charge in [-0.1, -0.05) is 5.16 Å². The molecule has 0 spiro atoms. The molecule has 2 heterocycles. The maximum atomic E-state index is 11.8. The van der Waals surface area contributed by atoms with Crippen molar-refractivity contribution in [3.63, 3.8) is 0 Å². The number of nitrogens with two attached hydrogens (primary N) is 1. The largest absolute Gasteiger partial charge is 0.447 e. The maximum absolute atomic E-state index is 11.8. The molecular weight excluding hydrogens is 260 g/mol. The Morgan fingerprint density at radius 3 is 2.83 bits per heavy atom. The van der Waals surface area contributed by atoms with E-state index in [2.05, 4.69) is 14.9 Å². The van der Waals surface area contributed by atoms with Gasteiger partial charge < -0.3 is 14.7 Å². The van der Waals surface area contributed by atoms with E-state index in [-0.39, 0.29) is 18.2 Å². The van der Waals surface area contributed by atoms with Crippen LogP contribution in [0.2, 0.25) is 0 Å². The lowest BCUT2D eigenvalue weighted by molar-refractivity contribution is 0.376.